The average molecular weight is 289 g/mol. The molecule has 1 aliphatic heterocycles. The van der Waals surface area contributed by atoms with Crippen LogP contribution in [0.25, 0.3) is 6.08 Å². The van der Waals surface area contributed by atoms with Crippen LogP contribution in [0.4, 0.5) is 0 Å². The highest BCUT2D eigenvalue weighted by atomic mass is 32.2. The van der Waals surface area contributed by atoms with E-state index in [-0.39, 0.29) is 5.91 Å². The SMILES string of the molecule is CCN1C(=O)/C(=C\c2ccco2)SC1=Nn1cnnc1. The van der Waals surface area contributed by atoms with Gasteiger partial charge in [0.2, 0.25) is 0 Å². The van der Waals surface area contributed by atoms with Gasteiger partial charge in [-0.1, -0.05) is 0 Å². The van der Waals surface area contributed by atoms with Crippen molar-refractivity contribution < 1.29 is 9.21 Å². The Morgan fingerprint density at radius 2 is 2.25 bits per heavy atom. The number of rotatable bonds is 3. The molecule has 1 fully saturated rings. The molecule has 0 saturated carbocycles. The van der Waals surface area contributed by atoms with E-state index in [9.17, 15) is 4.79 Å². The third-order valence-corrected chi connectivity index (χ3v) is 3.63. The number of hydrogen-bond donors (Lipinski definition) is 0. The van der Waals surface area contributed by atoms with E-state index in [1.165, 1.54) is 29.1 Å². The predicted molar refractivity (Wildman–Crippen MR) is 74.5 cm³/mol. The molecule has 0 radical (unpaired) electrons. The van der Waals surface area contributed by atoms with Crippen LogP contribution in [0.1, 0.15) is 12.7 Å². The second-order valence-corrected chi connectivity index (χ2v) is 4.91. The Kier molecular flexibility index (Phi) is 3.38. The summed E-state index contributed by atoms with van der Waals surface area (Å²) in [5.74, 6) is 0.558. The zero-order chi connectivity index (χ0) is 13.9. The summed E-state index contributed by atoms with van der Waals surface area (Å²) < 4.78 is 6.69. The van der Waals surface area contributed by atoms with Gasteiger partial charge in [0.15, 0.2) is 5.17 Å². The lowest BCUT2D eigenvalue weighted by molar-refractivity contribution is -0.122. The molecule has 1 aliphatic rings. The summed E-state index contributed by atoms with van der Waals surface area (Å²) in [6.07, 6.45) is 6.23. The summed E-state index contributed by atoms with van der Waals surface area (Å²) in [6, 6.07) is 3.58. The van der Waals surface area contributed by atoms with Gasteiger partial charge in [0, 0.05) is 12.6 Å². The van der Waals surface area contributed by atoms with E-state index >= 15 is 0 Å². The first-order chi connectivity index (χ1) is 9.78. The second-order valence-electron chi connectivity index (χ2n) is 3.90. The minimum absolute atomic E-state index is 0.0827. The Hall–Kier alpha value is -2.35. The second kappa shape index (κ2) is 5.33. The van der Waals surface area contributed by atoms with Crippen LogP contribution in [-0.2, 0) is 4.79 Å². The topological polar surface area (TPSA) is 76.5 Å². The molecule has 0 bridgehead atoms. The highest BCUT2D eigenvalue weighted by Gasteiger charge is 2.32. The molecule has 0 unspecified atom stereocenters. The van der Waals surface area contributed by atoms with E-state index in [0.29, 0.717) is 22.4 Å². The smallest absolute Gasteiger partial charge is 0.266 e. The summed E-state index contributed by atoms with van der Waals surface area (Å²) in [7, 11) is 0. The minimum Gasteiger partial charge on any atom is -0.465 e. The molecule has 1 saturated heterocycles. The van der Waals surface area contributed by atoms with Crippen molar-refractivity contribution in [2.75, 3.05) is 6.54 Å². The Labute approximate surface area is 119 Å². The molecule has 3 rings (SSSR count). The Morgan fingerprint density at radius 1 is 1.45 bits per heavy atom. The Bertz CT molecular complexity index is 660. The zero-order valence-corrected chi connectivity index (χ0v) is 11.4. The Balaban J connectivity index is 1.92. The van der Waals surface area contributed by atoms with Crippen molar-refractivity contribution in [3.63, 3.8) is 0 Å². The van der Waals surface area contributed by atoms with Crippen molar-refractivity contribution in [3.05, 3.63) is 41.7 Å². The van der Waals surface area contributed by atoms with Crippen LogP contribution in [0.2, 0.25) is 0 Å². The predicted octanol–water partition coefficient (Wildman–Crippen LogP) is 1.63. The lowest BCUT2D eigenvalue weighted by atomic mass is 10.3. The number of likely N-dealkylation sites (N-methyl/N-ethyl adjacent to an activating group) is 1. The van der Waals surface area contributed by atoms with Crippen LogP contribution in [-0.4, -0.2) is 37.4 Å². The maximum Gasteiger partial charge on any atom is 0.266 e. The number of furan rings is 1. The number of nitrogens with zero attached hydrogens (tertiary/aromatic N) is 5. The number of thioether (sulfide) groups is 1. The third kappa shape index (κ3) is 2.37. The van der Waals surface area contributed by atoms with Gasteiger partial charge < -0.3 is 4.42 Å². The fourth-order valence-corrected chi connectivity index (χ4v) is 2.74. The van der Waals surface area contributed by atoms with E-state index in [0.717, 1.165) is 0 Å². The van der Waals surface area contributed by atoms with Crippen molar-refractivity contribution in [1.29, 1.82) is 0 Å². The van der Waals surface area contributed by atoms with Gasteiger partial charge in [0.1, 0.15) is 18.4 Å². The van der Waals surface area contributed by atoms with Crippen molar-refractivity contribution in [2.24, 2.45) is 5.10 Å². The quantitative estimate of drug-likeness (QED) is 0.803. The monoisotopic (exact) mass is 289 g/mol. The summed E-state index contributed by atoms with van der Waals surface area (Å²) in [4.78, 5) is 14.4. The highest BCUT2D eigenvalue weighted by molar-refractivity contribution is 8.18. The fraction of sp³-hybridized carbons (Fsp3) is 0.167. The summed E-state index contributed by atoms with van der Waals surface area (Å²) in [5, 5.41) is 12.3. The van der Waals surface area contributed by atoms with Crippen LogP contribution in [0.3, 0.4) is 0 Å². The standard InChI is InChI=1S/C12H11N5O2S/c1-2-17-11(18)10(6-9-4-3-5-19-9)20-12(17)15-16-7-13-14-8-16/h3-8H,2H2,1H3/b10-6+,15-12?. The lowest BCUT2D eigenvalue weighted by Crippen LogP contribution is -2.29. The first-order valence-electron chi connectivity index (χ1n) is 5.96. The maximum absolute atomic E-state index is 12.3. The molecular formula is C12H11N5O2S. The van der Waals surface area contributed by atoms with Crippen LogP contribution in [0.5, 0.6) is 0 Å². The number of amidine groups is 1. The van der Waals surface area contributed by atoms with E-state index in [4.69, 9.17) is 4.42 Å². The number of aromatic nitrogens is 3. The van der Waals surface area contributed by atoms with E-state index in [2.05, 4.69) is 15.3 Å². The lowest BCUT2D eigenvalue weighted by Gasteiger charge is -2.11. The van der Waals surface area contributed by atoms with E-state index in [1.54, 1.807) is 29.4 Å². The van der Waals surface area contributed by atoms with Crippen LogP contribution < -0.4 is 0 Å². The first-order valence-corrected chi connectivity index (χ1v) is 6.78. The third-order valence-electron chi connectivity index (χ3n) is 2.63. The normalized spacial score (nSPS) is 19.4. The molecule has 7 nitrogen and oxygen atoms in total. The van der Waals surface area contributed by atoms with Crippen molar-refractivity contribution in [1.82, 2.24) is 19.8 Å². The van der Waals surface area contributed by atoms with Gasteiger partial charge in [0.25, 0.3) is 5.91 Å². The van der Waals surface area contributed by atoms with Crippen LogP contribution in [0.15, 0.2) is 45.5 Å². The molecule has 0 aliphatic carbocycles. The average Bonchev–Trinajstić information content (AvgIpc) is 3.15. The van der Waals surface area contributed by atoms with Gasteiger partial charge in [-0.2, -0.15) is 0 Å². The molecule has 3 heterocycles. The molecular weight excluding hydrogens is 278 g/mol. The number of carbonyl (C=O) groups is 1. The molecule has 8 heteroatoms. The highest BCUT2D eigenvalue weighted by Crippen LogP contribution is 2.32. The first kappa shape index (κ1) is 12.7. The maximum atomic E-state index is 12.3. The summed E-state index contributed by atoms with van der Waals surface area (Å²) >= 11 is 1.30. The van der Waals surface area contributed by atoms with Crippen LogP contribution in [0, 0.1) is 0 Å². The number of hydrogen-bond acceptors (Lipinski definition) is 6. The van der Waals surface area contributed by atoms with Gasteiger partial charge in [-0.25, -0.2) is 4.68 Å². The molecule has 0 atom stereocenters. The fourth-order valence-electron chi connectivity index (χ4n) is 1.71. The minimum atomic E-state index is -0.0827. The molecule has 102 valence electrons. The molecule has 20 heavy (non-hydrogen) atoms. The molecule has 1 amide bonds. The Morgan fingerprint density at radius 3 is 2.90 bits per heavy atom. The van der Waals surface area contributed by atoms with E-state index < -0.39 is 0 Å². The van der Waals surface area contributed by atoms with Gasteiger partial charge >= 0.3 is 0 Å². The summed E-state index contributed by atoms with van der Waals surface area (Å²) in [6.45, 7) is 2.44. The zero-order valence-electron chi connectivity index (χ0n) is 10.6. The van der Waals surface area contributed by atoms with Gasteiger partial charge in [-0.15, -0.1) is 15.3 Å². The van der Waals surface area contributed by atoms with Gasteiger partial charge in [0.05, 0.1) is 11.2 Å². The molecule has 0 spiro atoms. The number of amides is 1. The van der Waals surface area contributed by atoms with Gasteiger partial charge in [-0.05, 0) is 30.8 Å². The van der Waals surface area contributed by atoms with Crippen molar-refractivity contribution >= 4 is 28.9 Å². The molecule has 2 aromatic heterocycles. The molecule has 0 N–H and O–H groups in total. The van der Waals surface area contributed by atoms with Gasteiger partial charge in [-0.3, -0.25) is 9.69 Å². The summed E-state index contributed by atoms with van der Waals surface area (Å²) in [5.41, 5.74) is 0. The number of carbonyl (C=O) groups excluding carboxylic acids is 1. The van der Waals surface area contributed by atoms with E-state index in [1.807, 2.05) is 6.92 Å². The van der Waals surface area contributed by atoms with Crippen molar-refractivity contribution in [3.8, 4) is 0 Å². The largest absolute Gasteiger partial charge is 0.465 e. The molecule has 0 aromatic carbocycles. The van der Waals surface area contributed by atoms with Crippen LogP contribution >= 0.6 is 11.8 Å². The van der Waals surface area contributed by atoms with Crippen molar-refractivity contribution in [2.45, 2.75) is 6.92 Å². The molecule has 2 aromatic rings.